The number of benzene rings is 1. The molecule has 6 nitrogen and oxygen atoms in total. The highest BCUT2D eigenvalue weighted by Crippen LogP contribution is 2.33. The predicted octanol–water partition coefficient (Wildman–Crippen LogP) is 5.34. The maximum Gasteiger partial charge on any atom is 0.416 e. The zero-order valence-electron chi connectivity index (χ0n) is 19.7. The summed E-state index contributed by atoms with van der Waals surface area (Å²) < 4.78 is 41.5. The molecule has 0 saturated heterocycles. The monoisotopic (exact) mass is 472 g/mol. The van der Waals surface area contributed by atoms with Gasteiger partial charge in [-0.05, 0) is 44.9 Å². The van der Waals surface area contributed by atoms with E-state index in [4.69, 9.17) is 4.84 Å². The van der Waals surface area contributed by atoms with Crippen molar-refractivity contribution in [2.24, 2.45) is 10.9 Å². The number of alkyl halides is 3. The average molecular weight is 473 g/mol. The maximum atomic E-state index is 13.3. The molecule has 1 heterocycles. The summed E-state index contributed by atoms with van der Waals surface area (Å²) in [6.07, 6.45) is -4.60. The molecule has 32 heavy (non-hydrogen) atoms. The van der Waals surface area contributed by atoms with Crippen LogP contribution in [0.2, 0.25) is 0 Å². The summed E-state index contributed by atoms with van der Waals surface area (Å²) in [5, 5.41) is 5.36. The van der Waals surface area contributed by atoms with Gasteiger partial charge in [-0.3, -0.25) is 4.79 Å². The molecule has 1 N–H and O–H groups in total. The molecule has 0 atom stereocenters. The first-order chi connectivity index (χ1) is 14.5. The van der Waals surface area contributed by atoms with E-state index in [2.05, 4.69) is 15.6 Å². The van der Waals surface area contributed by atoms with E-state index in [1.54, 1.807) is 4.68 Å². The van der Waals surface area contributed by atoms with Crippen molar-refractivity contribution in [1.82, 2.24) is 15.3 Å². The molecule has 0 unspecified atom stereocenters. The lowest BCUT2D eigenvalue weighted by atomic mass is 9.98. The minimum Gasteiger partial charge on any atom is -0.407 e. The summed E-state index contributed by atoms with van der Waals surface area (Å²) in [6.45, 7) is 16.0. The van der Waals surface area contributed by atoms with Crippen LogP contribution in [-0.2, 0) is 18.1 Å². The molecule has 1 aromatic heterocycles. The van der Waals surface area contributed by atoms with Crippen molar-refractivity contribution in [2.45, 2.75) is 79.1 Å². The van der Waals surface area contributed by atoms with Crippen LogP contribution in [0.25, 0.3) is 0 Å². The first kappa shape index (κ1) is 26.1. The molecule has 0 aliphatic heterocycles. The lowest BCUT2D eigenvalue weighted by Gasteiger charge is -2.21. The quantitative estimate of drug-likeness (QED) is 0.597. The van der Waals surface area contributed by atoms with E-state index >= 15 is 0 Å². The van der Waals surface area contributed by atoms with E-state index in [-0.39, 0.29) is 22.6 Å². The third-order valence-electron chi connectivity index (χ3n) is 4.00. The second-order valence-corrected chi connectivity index (χ2v) is 11.1. The molecular weight excluding hydrogens is 441 g/mol. The summed E-state index contributed by atoms with van der Waals surface area (Å²) in [7, 11) is 0. The van der Waals surface area contributed by atoms with Crippen molar-refractivity contribution in [2.75, 3.05) is 0 Å². The van der Waals surface area contributed by atoms with Crippen LogP contribution in [0, 0.1) is 5.92 Å². The Balaban J connectivity index is 2.60. The number of hydrogen-bond donors (Lipinski definition) is 1. The van der Waals surface area contributed by atoms with Crippen LogP contribution < -0.4 is 15.1 Å². The van der Waals surface area contributed by atoms with E-state index in [0.717, 1.165) is 23.2 Å². The molecule has 178 valence electrons. The Morgan fingerprint density at radius 2 is 1.81 bits per heavy atom. The van der Waals surface area contributed by atoms with Crippen molar-refractivity contribution in [3.63, 3.8) is 0 Å². The molecule has 0 radical (unpaired) electrons. The molecule has 10 heteroatoms. The van der Waals surface area contributed by atoms with Gasteiger partial charge in [0.1, 0.15) is 5.01 Å². The van der Waals surface area contributed by atoms with Gasteiger partial charge in [-0.15, -0.1) is 0 Å². The number of rotatable bonds is 5. The molecule has 2 rings (SSSR count). The van der Waals surface area contributed by atoms with Gasteiger partial charge in [0.2, 0.25) is 4.80 Å². The second-order valence-electron chi connectivity index (χ2n) is 10.1. The smallest absolute Gasteiger partial charge is 0.407 e. The Labute approximate surface area is 190 Å². The maximum absolute atomic E-state index is 13.3. The minimum atomic E-state index is -4.60. The molecule has 0 fully saturated rings. The Hall–Kier alpha value is -2.20. The van der Waals surface area contributed by atoms with Crippen LogP contribution >= 0.6 is 11.3 Å². The first-order valence-corrected chi connectivity index (χ1v) is 11.1. The predicted molar refractivity (Wildman–Crippen MR) is 118 cm³/mol. The van der Waals surface area contributed by atoms with E-state index in [9.17, 15) is 18.0 Å². The van der Waals surface area contributed by atoms with Crippen molar-refractivity contribution < 1.29 is 22.8 Å². The molecule has 0 aliphatic carbocycles. The van der Waals surface area contributed by atoms with Gasteiger partial charge in [-0.2, -0.15) is 28.7 Å². The number of carbonyl (C=O) groups is 1. The molecule has 1 aromatic carbocycles. The van der Waals surface area contributed by atoms with Crippen LogP contribution in [0.3, 0.4) is 0 Å². The lowest BCUT2D eigenvalue weighted by Crippen LogP contribution is -2.38. The molecule has 0 spiro atoms. The van der Waals surface area contributed by atoms with Gasteiger partial charge >= 0.3 is 6.18 Å². The Morgan fingerprint density at radius 1 is 1.19 bits per heavy atom. The zero-order chi connectivity index (χ0) is 24.5. The van der Waals surface area contributed by atoms with Gasteiger partial charge in [0.15, 0.2) is 5.75 Å². The Kier molecular flexibility index (Phi) is 7.61. The summed E-state index contributed by atoms with van der Waals surface area (Å²) >= 11 is 1.25. The van der Waals surface area contributed by atoms with Gasteiger partial charge in [-0.1, -0.05) is 46.0 Å². The van der Waals surface area contributed by atoms with Crippen LogP contribution in [-0.4, -0.2) is 21.2 Å². The number of nitrogens with zero attached hydrogens (tertiary/aromatic N) is 3. The number of carbonyl (C=O) groups excluding carboxylic acids is 1. The van der Waals surface area contributed by atoms with Gasteiger partial charge in [0.25, 0.3) is 5.91 Å². The molecule has 0 saturated carbocycles. The fourth-order valence-electron chi connectivity index (χ4n) is 2.48. The van der Waals surface area contributed by atoms with Gasteiger partial charge < -0.3 is 4.84 Å². The summed E-state index contributed by atoms with van der Waals surface area (Å²) in [5.74, 6) is -0.622. The molecule has 1 amide bonds. The van der Waals surface area contributed by atoms with Gasteiger partial charge in [0.05, 0.1) is 11.1 Å². The number of hydrogen-bond acceptors (Lipinski definition) is 5. The molecule has 0 bridgehead atoms. The SMILES string of the molecule is CC(C)Cn1nc(C(C)(C)C)s/c1=N\C(=O)c1cc(C(F)(F)F)ccc1ONC(C)(C)C. The number of aromatic nitrogens is 2. The first-order valence-electron chi connectivity index (χ1n) is 10.3. The highest BCUT2D eigenvalue weighted by Gasteiger charge is 2.32. The van der Waals surface area contributed by atoms with Crippen LogP contribution in [0.5, 0.6) is 5.75 Å². The number of hydroxylamine groups is 1. The second kappa shape index (κ2) is 9.35. The molecule has 2 aromatic rings. The highest BCUT2D eigenvalue weighted by atomic mass is 32.1. The third-order valence-corrected chi connectivity index (χ3v) is 5.37. The number of nitrogens with one attached hydrogen (secondary N) is 1. The summed E-state index contributed by atoms with van der Waals surface area (Å²) in [4.78, 5) is 23.0. The highest BCUT2D eigenvalue weighted by molar-refractivity contribution is 7.09. The fraction of sp³-hybridized carbons (Fsp3) is 0.591. The standard InChI is InChI=1S/C22H31F3N4O2S/c1-13(2)12-29-19(32-18(27-29)20(3,4)5)26-17(30)15-11-14(22(23,24)25)9-10-16(15)31-28-21(6,7)8/h9-11,13,28H,12H2,1-8H3/b26-19-. The van der Waals surface area contributed by atoms with Crippen molar-refractivity contribution in [3.8, 4) is 5.75 Å². The number of halogens is 3. The largest absolute Gasteiger partial charge is 0.416 e. The van der Waals surface area contributed by atoms with Crippen LogP contribution in [0.15, 0.2) is 23.2 Å². The van der Waals surface area contributed by atoms with Gasteiger partial charge in [-0.25, -0.2) is 4.68 Å². The number of amides is 1. The fourth-order valence-corrected chi connectivity index (χ4v) is 3.45. The topological polar surface area (TPSA) is 68.5 Å². The van der Waals surface area contributed by atoms with Crippen LogP contribution in [0.1, 0.15) is 76.3 Å². The average Bonchev–Trinajstić information content (AvgIpc) is 3.00. The van der Waals surface area contributed by atoms with Gasteiger partial charge in [0, 0.05) is 17.5 Å². The zero-order valence-corrected chi connectivity index (χ0v) is 20.5. The molecule has 0 aliphatic rings. The van der Waals surface area contributed by atoms with Crippen molar-refractivity contribution in [1.29, 1.82) is 0 Å². The summed E-state index contributed by atoms with van der Waals surface area (Å²) in [6, 6.07) is 2.77. The van der Waals surface area contributed by atoms with E-state index in [0.29, 0.717) is 11.3 Å². The normalized spacial score (nSPS) is 13.7. The van der Waals surface area contributed by atoms with Crippen molar-refractivity contribution >= 4 is 17.2 Å². The Morgan fingerprint density at radius 3 is 2.31 bits per heavy atom. The van der Waals surface area contributed by atoms with E-state index in [1.165, 1.54) is 11.3 Å². The van der Waals surface area contributed by atoms with Crippen LogP contribution in [0.4, 0.5) is 13.2 Å². The Bertz CT molecular complexity index is 1030. The van der Waals surface area contributed by atoms with E-state index in [1.807, 2.05) is 55.4 Å². The van der Waals surface area contributed by atoms with Crippen molar-refractivity contribution in [3.05, 3.63) is 39.1 Å². The third kappa shape index (κ3) is 7.16. The lowest BCUT2D eigenvalue weighted by molar-refractivity contribution is -0.137. The summed E-state index contributed by atoms with van der Waals surface area (Å²) in [5.41, 5.74) is 0.749. The molecular formula is C22H31F3N4O2S. The van der Waals surface area contributed by atoms with E-state index < -0.39 is 23.2 Å². The minimum absolute atomic E-state index is 0.0300.